The van der Waals surface area contributed by atoms with Gasteiger partial charge in [-0.15, -0.1) is 0 Å². The second-order valence-electron chi connectivity index (χ2n) is 2.89. The highest BCUT2D eigenvalue weighted by Crippen LogP contribution is 2.23. The van der Waals surface area contributed by atoms with Gasteiger partial charge in [0.25, 0.3) is 0 Å². The molecule has 0 amide bonds. The van der Waals surface area contributed by atoms with Gasteiger partial charge < -0.3 is 5.32 Å². The van der Waals surface area contributed by atoms with E-state index in [-0.39, 0.29) is 0 Å². The molecular formula is C10H12ClN. The number of aryl methyl sites for hydroxylation is 1. The second-order valence-corrected chi connectivity index (χ2v) is 3.30. The van der Waals surface area contributed by atoms with Gasteiger partial charge in [-0.25, -0.2) is 0 Å². The normalized spacial score (nSPS) is 9.58. The molecule has 64 valence electrons. The van der Waals surface area contributed by atoms with Gasteiger partial charge in [0, 0.05) is 5.70 Å². The van der Waals surface area contributed by atoms with Crippen LogP contribution in [0.5, 0.6) is 0 Å². The maximum absolute atomic E-state index is 5.94. The molecule has 0 aliphatic heterocycles. The van der Waals surface area contributed by atoms with Gasteiger partial charge in [0.05, 0.1) is 10.7 Å². The van der Waals surface area contributed by atoms with Gasteiger partial charge in [-0.1, -0.05) is 24.2 Å². The Labute approximate surface area is 78.1 Å². The van der Waals surface area contributed by atoms with Crippen molar-refractivity contribution in [1.82, 2.24) is 0 Å². The highest BCUT2D eigenvalue weighted by Gasteiger charge is 1.98. The first-order chi connectivity index (χ1) is 5.59. The third-order valence-electron chi connectivity index (χ3n) is 1.47. The van der Waals surface area contributed by atoms with Crippen LogP contribution in [0.3, 0.4) is 0 Å². The van der Waals surface area contributed by atoms with E-state index in [9.17, 15) is 0 Å². The van der Waals surface area contributed by atoms with E-state index in [1.165, 1.54) is 5.56 Å². The van der Waals surface area contributed by atoms with Gasteiger partial charge in [-0.3, -0.25) is 0 Å². The molecule has 0 aromatic heterocycles. The summed E-state index contributed by atoms with van der Waals surface area (Å²) in [6, 6.07) is 5.85. The molecule has 1 aromatic carbocycles. The van der Waals surface area contributed by atoms with E-state index in [1.807, 2.05) is 32.0 Å². The van der Waals surface area contributed by atoms with Crippen molar-refractivity contribution in [2.24, 2.45) is 0 Å². The Hall–Kier alpha value is -0.950. The summed E-state index contributed by atoms with van der Waals surface area (Å²) in [4.78, 5) is 0. The predicted molar refractivity (Wildman–Crippen MR) is 54.6 cm³/mol. The van der Waals surface area contributed by atoms with Crippen molar-refractivity contribution in [3.8, 4) is 0 Å². The fourth-order valence-corrected chi connectivity index (χ4v) is 1.13. The van der Waals surface area contributed by atoms with E-state index in [0.717, 1.165) is 16.4 Å². The fourth-order valence-electron chi connectivity index (χ4n) is 0.965. The van der Waals surface area contributed by atoms with Crippen molar-refractivity contribution in [2.75, 3.05) is 5.32 Å². The zero-order chi connectivity index (χ0) is 9.14. The van der Waals surface area contributed by atoms with E-state index in [1.54, 1.807) is 0 Å². The lowest BCUT2D eigenvalue weighted by molar-refractivity contribution is 1.37. The van der Waals surface area contributed by atoms with Gasteiger partial charge >= 0.3 is 0 Å². The summed E-state index contributed by atoms with van der Waals surface area (Å²) in [5.74, 6) is 0. The van der Waals surface area contributed by atoms with E-state index in [4.69, 9.17) is 11.6 Å². The van der Waals surface area contributed by atoms with Crippen molar-refractivity contribution in [1.29, 1.82) is 0 Å². The largest absolute Gasteiger partial charge is 0.359 e. The minimum Gasteiger partial charge on any atom is -0.359 e. The van der Waals surface area contributed by atoms with Crippen LogP contribution in [0.1, 0.15) is 12.5 Å². The van der Waals surface area contributed by atoms with Crippen LogP contribution in [0, 0.1) is 6.92 Å². The topological polar surface area (TPSA) is 12.0 Å². The monoisotopic (exact) mass is 181 g/mol. The van der Waals surface area contributed by atoms with Crippen LogP contribution in [-0.4, -0.2) is 0 Å². The second kappa shape index (κ2) is 3.63. The molecule has 0 saturated heterocycles. The maximum atomic E-state index is 5.94. The summed E-state index contributed by atoms with van der Waals surface area (Å²) >= 11 is 5.94. The van der Waals surface area contributed by atoms with Gasteiger partial charge in [0.2, 0.25) is 0 Å². The molecule has 1 rings (SSSR count). The first-order valence-corrected chi connectivity index (χ1v) is 4.16. The lowest BCUT2D eigenvalue weighted by Crippen LogP contribution is -1.94. The number of benzene rings is 1. The Balaban J connectivity index is 2.97. The van der Waals surface area contributed by atoms with Crippen LogP contribution < -0.4 is 5.32 Å². The van der Waals surface area contributed by atoms with Crippen LogP contribution in [0.4, 0.5) is 5.69 Å². The van der Waals surface area contributed by atoms with Crippen molar-refractivity contribution in [3.63, 3.8) is 0 Å². The molecule has 1 nitrogen and oxygen atoms in total. The number of halogens is 1. The summed E-state index contributed by atoms with van der Waals surface area (Å²) in [6.07, 6.45) is 0. The molecule has 1 aromatic rings. The van der Waals surface area contributed by atoms with Gasteiger partial charge in [-0.05, 0) is 31.5 Å². The van der Waals surface area contributed by atoms with E-state index in [2.05, 4.69) is 11.9 Å². The van der Waals surface area contributed by atoms with Crippen molar-refractivity contribution < 1.29 is 0 Å². The Bertz CT molecular complexity index is 305. The van der Waals surface area contributed by atoms with Crippen molar-refractivity contribution in [3.05, 3.63) is 41.1 Å². The Morgan fingerprint density at radius 2 is 2.17 bits per heavy atom. The Kier molecular flexibility index (Phi) is 2.77. The highest BCUT2D eigenvalue weighted by molar-refractivity contribution is 6.33. The first kappa shape index (κ1) is 9.14. The fraction of sp³-hybridized carbons (Fsp3) is 0.200. The highest BCUT2D eigenvalue weighted by atomic mass is 35.5. The maximum Gasteiger partial charge on any atom is 0.0641 e. The van der Waals surface area contributed by atoms with Crippen molar-refractivity contribution in [2.45, 2.75) is 13.8 Å². The van der Waals surface area contributed by atoms with Gasteiger partial charge in [-0.2, -0.15) is 0 Å². The zero-order valence-corrected chi connectivity index (χ0v) is 8.07. The summed E-state index contributed by atoms with van der Waals surface area (Å²) < 4.78 is 0. The van der Waals surface area contributed by atoms with Gasteiger partial charge in [0.1, 0.15) is 0 Å². The molecule has 0 fully saturated rings. The van der Waals surface area contributed by atoms with Crippen LogP contribution >= 0.6 is 11.6 Å². The van der Waals surface area contributed by atoms with Crippen LogP contribution in [0.15, 0.2) is 30.5 Å². The van der Waals surface area contributed by atoms with E-state index < -0.39 is 0 Å². The molecule has 0 heterocycles. The molecule has 0 saturated carbocycles. The first-order valence-electron chi connectivity index (χ1n) is 3.78. The summed E-state index contributed by atoms with van der Waals surface area (Å²) in [5.41, 5.74) is 3.00. The SMILES string of the molecule is C=C(C)Nc1cc(C)ccc1Cl. The molecule has 2 heteroatoms. The summed E-state index contributed by atoms with van der Waals surface area (Å²) in [6.45, 7) is 7.68. The van der Waals surface area contributed by atoms with Crippen molar-refractivity contribution >= 4 is 17.3 Å². The number of nitrogens with one attached hydrogen (secondary N) is 1. The molecular weight excluding hydrogens is 170 g/mol. The molecule has 0 bridgehead atoms. The molecule has 0 atom stereocenters. The molecule has 0 unspecified atom stereocenters. The van der Waals surface area contributed by atoms with Crippen LogP contribution in [-0.2, 0) is 0 Å². The number of anilines is 1. The van der Waals surface area contributed by atoms with E-state index in [0.29, 0.717) is 0 Å². The third kappa shape index (κ3) is 2.28. The smallest absolute Gasteiger partial charge is 0.0641 e. The Morgan fingerprint density at radius 1 is 1.50 bits per heavy atom. The Morgan fingerprint density at radius 3 is 2.75 bits per heavy atom. The number of rotatable bonds is 2. The van der Waals surface area contributed by atoms with E-state index >= 15 is 0 Å². The zero-order valence-electron chi connectivity index (χ0n) is 7.32. The summed E-state index contributed by atoms with van der Waals surface area (Å²) in [7, 11) is 0. The lowest BCUT2D eigenvalue weighted by Gasteiger charge is -2.07. The van der Waals surface area contributed by atoms with Crippen LogP contribution in [0.2, 0.25) is 5.02 Å². The molecule has 0 aliphatic carbocycles. The molecule has 0 spiro atoms. The average Bonchev–Trinajstić information content (AvgIpc) is 1.96. The van der Waals surface area contributed by atoms with Crippen LogP contribution in [0.25, 0.3) is 0 Å². The van der Waals surface area contributed by atoms with Gasteiger partial charge in [0.15, 0.2) is 0 Å². The number of hydrogen-bond acceptors (Lipinski definition) is 1. The third-order valence-corrected chi connectivity index (χ3v) is 1.80. The minimum atomic E-state index is 0.726. The lowest BCUT2D eigenvalue weighted by atomic mass is 10.2. The predicted octanol–water partition coefficient (Wildman–Crippen LogP) is 3.59. The average molecular weight is 182 g/mol. The minimum absolute atomic E-state index is 0.726. The molecule has 0 aliphatic rings. The number of allylic oxidation sites excluding steroid dienone is 1. The summed E-state index contributed by atoms with van der Waals surface area (Å²) in [5, 5.41) is 3.81. The quantitative estimate of drug-likeness (QED) is 0.735. The standard InChI is InChI=1S/C10H12ClN/c1-7(2)12-10-6-8(3)4-5-9(10)11/h4-6,12H,1H2,2-3H3. The molecule has 1 N–H and O–H groups in total. The molecule has 12 heavy (non-hydrogen) atoms. The molecule has 0 radical (unpaired) electrons. The number of hydrogen-bond donors (Lipinski definition) is 1.